The van der Waals surface area contributed by atoms with Crippen LogP contribution in [0.5, 0.6) is 0 Å². The van der Waals surface area contributed by atoms with Gasteiger partial charge in [0.15, 0.2) is 4.90 Å². The molecule has 2 rings (SSSR count). The number of piperidine rings is 1. The van der Waals surface area contributed by atoms with Gasteiger partial charge in [-0.05, 0) is 18.9 Å². The maximum absolute atomic E-state index is 12.6. The van der Waals surface area contributed by atoms with Crippen LogP contribution in [-0.2, 0) is 10.0 Å². The van der Waals surface area contributed by atoms with Crippen LogP contribution < -0.4 is 5.73 Å². The van der Waals surface area contributed by atoms with E-state index in [0.29, 0.717) is 13.0 Å². The van der Waals surface area contributed by atoms with Crippen molar-refractivity contribution in [2.24, 2.45) is 5.73 Å². The van der Waals surface area contributed by atoms with E-state index in [1.54, 1.807) is 0 Å². The highest BCUT2D eigenvalue weighted by molar-refractivity contribution is 7.89. The molecule has 7 nitrogen and oxygen atoms in total. The van der Waals surface area contributed by atoms with Crippen molar-refractivity contribution in [2.75, 3.05) is 13.1 Å². The van der Waals surface area contributed by atoms with Crippen molar-refractivity contribution in [3.63, 3.8) is 0 Å². The average molecular weight is 299 g/mol. The summed E-state index contributed by atoms with van der Waals surface area (Å²) < 4.78 is 26.6. The smallest absolute Gasteiger partial charge is 0.289 e. The van der Waals surface area contributed by atoms with Crippen LogP contribution in [0.1, 0.15) is 19.3 Å². The first-order valence-corrected chi connectivity index (χ1v) is 7.88. The second-order valence-corrected chi connectivity index (χ2v) is 6.58. The minimum Gasteiger partial charge on any atom is -0.329 e. The molecule has 0 amide bonds. The largest absolute Gasteiger partial charge is 0.329 e. The number of nitrogens with zero attached hydrogens (tertiary/aromatic N) is 2. The molecule has 1 fully saturated rings. The third kappa shape index (κ3) is 2.67. The first-order valence-electron chi connectivity index (χ1n) is 6.44. The Hall–Kier alpha value is -1.51. The molecule has 0 spiro atoms. The summed E-state index contributed by atoms with van der Waals surface area (Å²) in [5.74, 6) is 0. The lowest BCUT2D eigenvalue weighted by atomic mass is 10.1. The number of sulfonamides is 1. The number of nitro benzene ring substituents is 1. The van der Waals surface area contributed by atoms with Gasteiger partial charge in [0.2, 0.25) is 10.0 Å². The van der Waals surface area contributed by atoms with E-state index >= 15 is 0 Å². The van der Waals surface area contributed by atoms with Crippen LogP contribution in [0.15, 0.2) is 29.2 Å². The zero-order chi connectivity index (χ0) is 14.8. The van der Waals surface area contributed by atoms with Gasteiger partial charge in [-0.15, -0.1) is 0 Å². The van der Waals surface area contributed by atoms with E-state index in [-0.39, 0.29) is 17.5 Å². The Kier molecular flexibility index (Phi) is 4.36. The van der Waals surface area contributed by atoms with Gasteiger partial charge in [-0.2, -0.15) is 4.31 Å². The number of nitro groups is 1. The molecule has 0 aromatic heterocycles. The number of hydrogen-bond acceptors (Lipinski definition) is 5. The second kappa shape index (κ2) is 5.86. The molecule has 1 atom stereocenters. The predicted molar refractivity (Wildman–Crippen MR) is 73.7 cm³/mol. The molecular formula is C12H17N3O4S. The highest BCUT2D eigenvalue weighted by Gasteiger charge is 2.36. The average Bonchev–Trinajstić information content (AvgIpc) is 2.47. The molecule has 20 heavy (non-hydrogen) atoms. The first-order chi connectivity index (χ1) is 9.48. The van der Waals surface area contributed by atoms with Crippen LogP contribution in [0.3, 0.4) is 0 Å². The van der Waals surface area contributed by atoms with Crippen LogP contribution >= 0.6 is 0 Å². The Morgan fingerprint density at radius 1 is 1.35 bits per heavy atom. The van der Waals surface area contributed by atoms with Crippen molar-refractivity contribution in [3.05, 3.63) is 34.4 Å². The highest BCUT2D eigenvalue weighted by Crippen LogP contribution is 2.30. The molecule has 1 aromatic rings. The lowest BCUT2D eigenvalue weighted by Crippen LogP contribution is -2.47. The fourth-order valence-electron chi connectivity index (χ4n) is 2.48. The van der Waals surface area contributed by atoms with E-state index in [0.717, 1.165) is 12.8 Å². The Morgan fingerprint density at radius 2 is 2.05 bits per heavy atom. The summed E-state index contributed by atoms with van der Waals surface area (Å²) in [4.78, 5) is 10.1. The van der Waals surface area contributed by atoms with E-state index in [9.17, 15) is 18.5 Å². The molecule has 110 valence electrons. The Morgan fingerprint density at radius 3 is 2.70 bits per heavy atom. The summed E-state index contributed by atoms with van der Waals surface area (Å²) in [6.45, 7) is 0.579. The number of nitrogens with two attached hydrogens (primary N) is 1. The van der Waals surface area contributed by atoms with Crippen LogP contribution in [0.25, 0.3) is 0 Å². The van der Waals surface area contributed by atoms with Crippen LogP contribution in [0, 0.1) is 10.1 Å². The number of benzene rings is 1. The summed E-state index contributed by atoms with van der Waals surface area (Å²) in [6.07, 6.45) is 2.36. The first kappa shape index (κ1) is 14.9. The van der Waals surface area contributed by atoms with Crippen molar-refractivity contribution in [2.45, 2.75) is 30.2 Å². The van der Waals surface area contributed by atoms with Crippen molar-refractivity contribution in [3.8, 4) is 0 Å². The standard InChI is InChI=1S/C12H17N3O4S/c13-9-10-5-3-4-8-14(10)20(18,19)12-7-2-1-6-11(12)15(16)17/h1-2,6-7,10H,3-5,8-9,13H2/t10-/m1/s1. The van der Waals surface area contributed by atoms with Crippen molar-refractivity contribution >= 4 is 15.7 Å². The highest BCUT2D eigenvalue weighted by atomic mass is 32.2. The quantitative estimate of drug-likeness (QED) is 0.661. The number of rotatable bonds is 4. The van der Waals surface area contributed by atoms with Gasteiger partial charge < -0.3 is 5.73 Å². The SMILES string of the molecule is NC[C@H]1CCCCN1S(=O)(=O)c1ccccc1[N+](=O)[O-]. The van der Waals surface area contributed by atoms with Gasteiger partial charge >= 0.3 is 0 Å². The van der Waals surface area contributed by atoms with Crippen LogP contribution in [0.2, 0.25) is 0 Å². The van der Waals surface area contributed by atoms with Gasteiger partial charge in [-0.25, -0.2) is 8.42 Å². The lowest BCUT2D eigenvalue weighted by Gasteiger charge is -2.33. The van der Waals surface area contributed by atoms with Crippen molar-refractivity contribution in [1.82, 2.24) is 4.31 Å². The minimum absolute atomic E-state index is 0.222. The second-order valence-electron chi connectivity index (χ2n) is 4.73. The van der Waals surface area contributed by atoms with E-state index in [2.05, 4.69) is 0 Å². The predicted octanol–water partition coefficient (Wildman–Crippen LogP) is 1.10. The third-order valence-corrected chi connectivity index (χ3v) is 5.49. The summed E-state index contributed by atoms with van der Waals surface area (Å²) in [6, 6.07) is 5.13. The van der Waals surface area contributed by atoms with Crippen molar-refractivity contribution in [1.29, 1.82) is 0 Å². The van der Waals surface area contributed by atoms with E-state index in [1.165, 1.54) is 28.6 Å². The fraction of sp³-hybridized carbons (Fsp3) is 0.500. The van der Waals surface area contributed by atoms with Gasteiger partial charge in [0.25, 0.3) is 5.69 Å². The molecule has 1 aliphatic heterocycles. The normalized spacial score (nSPS) is 20.8. The summed E-state index contributed by atoms with van der Waals surface area (Å²) in [5, 5.41) is 11.0. The minimum atomic E-state index is -3.89. The summed E-state index contributed by atoms with van der Waals surface area (Å²) in [5.41, 5.74) is 5.23. The Bertz CT molecular complexity index is 602. The molecule has 0 radical (unpaired) electrons. The summed E-state index contributed by atoms with van der Waals surface area (Å²) in [7, 11) is -3.89. The van der Waals surface area contributed by atoms with Gasteiger partial charge in [-0.3, -0.25) is 10.1 Å². The monoisotopic (exact) mass is 299 g/mol. The maximum atomic E-state index is 12.6. The third-order valence-electron chi connectivity index (χ3n) is 3.49. The molecule has 1 saturated heterocycles. The molecular weight excluding hydrogens is 282 g/mol. The molecule has 0 aliphatic carbocycles. The fourth-order valence-corrected chi connectivity index (χ4v) is 4.34. The van der Waals surface area contributed by atoms with Crippen LogP contribution in [-0.4, -0.2) is 36.8 Å². The molecule has 1 heterocycles. The van der Waals surface area contributed by atoms with E-state index in [1.807, 2.05) is 0 Å². The Labute approximate surface area is 117 Å². The topological polar surface area (TPSA) is 107 Å². The van der Waals surface area contributed by atoms with E-state index < -0.39 is 20.6 Å². The number of hydrogen-bond donors (Lipinski definition) is 1. The number of para-hydroxylation sites is 1. The molecule has 1 aromatic carbocycles. The van der Waals surface area contributed by atoms with Gasteiger partial charge in [0.05, 0.1) is 4.92 Å². The molecule has 0 unspecified atom stereocenters. The summed E-state index contributed by atoms with van der Waals surface area (Å²) >= 11 is 0. The zero-order valence-corrected chi connectivity index (χ0v) is 11.8. The van der Waals surface area contributed by atoms with Crippen LogP contribution in [0.4, 0.5) is 5.69 Å². The maximum Gasteiger partial charge on any atom is 0.289 e. The Balaban J connectivity index is 2.47. The molecule has 8 heteroatoms. The molecule has 2 N–H and O–H groups in total. The van der Waals surface area contributed by atoms with Gasteiger partial charge in [0.1, 0.15) is 0 Å². The van der Waals surface area contributed by atoms with E-state index in [4.69, 9.17) is 5.73 Å². The van der Waals surface area contributed by atoms with Gasteiger partial charge in [0, 0.05) is 25.2 Å². The molecule has 1 aliphatic rings. The van der Waals surface area contributed by atoms with Crippen molar-refractivity contribution < 1.29 is 13.3 Å². The molecule has 0 saturated carbocycles. The van der Waals surface area contributed by atoms with Gasteiger partial charge in [-0.1, -0.05) is 18.6 Å². The lowest BCUT2D eigenvalue weighted by molar-refractivity contribution is -0.387. The zero-order valence-electron chi connectivity index (χ0n) is 10.9. The molecule has 0 bridgehead atoms.